The largest absolute Gasteiger partial charge is 0.454 e. The van der Waals surface area contributed by atoms with E-state index in [4.69, 9.17) is 21.1 Å². The molecule has 0 aliphatic carbocycles. The Bertz CT molecular complexity index is 898. The van der Waals surface area contributed by atoms with Crippen molar-refractivity contribution < 1.29 is 19.1 Å². The van der Waals surface area contributed by atoms with Gasteiger partial charge in [-0.1, -0.05) is 23.7 Å². The molecule has 2 aromatic rings. The number of amides is 1. The highest BCUT2D eigenvalue weighted by Gasteiger charge is 2.21. The summed E-state index contributed by atoms with van der Waals surface area (Å²) in [5, 5.41) is 3.51. The lowest BCUT2D eigenvalue weighted by molar-refractivity contribution is -0.117. The van der Waals surface area contributed by atoms with Gasteiger partial charge < -0.3 is 14.8 Å². The van der Waals surface area contributed by atoms with Crippen LogP contribution in [-0.4, -0.2) is 36.0 Å². The van der Waals surface area contributed by atoms with E-state index in [0.29, 0.717) is 34.3 Å². The van der Waals surface area contributed by atoms with Gasteiger partial charge in [0, 0.05) is 29.2 Å². The van der Waals surface area contributed by atoms with Gasteiger partial charge in [-0.3, -0.25) is 14.5 Å². The smallest absolute Gasteiger partial charge is 0.238 e. The van der Waals surface area contributed by atoms with Crippen LogP contribution >= 0.6 is 11.6 Å². The molecule has 1 amide bonds. The first kappa shape index (κ1) is 20.2. The zero-order valence-electron chi connectivity index (χ0n) is 16.1. The van der Waals surface area contributed by atoms with Crippen molar-refractivity contribution in [3.63, 3.8) is 0 Å². The fourth-order valence-electron chi connectivity index (χ4n) is 3.00. The fraction of sp³-hybridized carbons (Fsp3) is 0.333. The summed E-state index contributed by atoms with van der Waals surface area (Å²) in [6.45, 7) is 6.37. The first-order valence-electron chi connectivity index (χ1n) is 9.06. The van der Waals surface area contributed by atoms with E-state index in [0.717, 1.165) is 5.56 Å². The van der Waals surface area contributed by atoms with Crippen molar-refractivity contribution in [1.29, 1.82) is 0 Å². The summed E-state index contributed by atoms with van der Waals surface area (Å²) in [6, 6.07) is 11.0. The standard InChI is InChI=1S/C21H23ClN2O4/c1-13(2)24(10-15-5-4-6-16(22)7-15)11-21(26)23-18-9-20-19(27-12-28-20)8-17(18)14(3)25/h4-9,13H,10-12H2,1-3H3,(H,23,26). The summed E-state index contributed by atoms with van der Waals surface area (Å²) in [4.78, 5) is 26.7. The third kappa shape index (κ3) is 4.82. The van der Waals surface area contributed by atoms with Gasteiger partial charge in [0.15, 0.2) is 17.3 Å². The quantitative estimate of drug-likeness (QED) is 0.705. The second-order valence-electron chi connectivity index (χ2n) is 6.98. The number of carbonyl (C=O) groups excluding carboxylic acids is 2. The molecular formula is C21H23ClN2O4. The Morgan fingerprint density at radius 2 is 1.89 bits per heavy atom. The molecule has 148 valence electrons. The van der Waals surface area contributed by atoms with E-state index >= 15 is 0 Å². The number of nitrogens with one attached hydrogen (secondary N) is 1. The molecule has 28 heavy (non-hydrogen) atoms. The molecule has 0 radical (unpaired) electrons. The van der Waals surface area contributed by atoms with E-state index in [9.17, 15) is 9.59 Å². The van der Waals surface area contributed by atoms with Gasteiger partial charge >= 0.3 is 0 Å². The average Bonchev–Trinajstić information content (AvgIpc) is 3.07. The summed E-state index contributed by atoms with van der Waals surface area (Å²) < 4.78 is 10.7. The Balaban J connectivity index is 1.74. The van der Waals surface area contributed by atoms with Gasteiger partial charge in [0.1, 0.15) is 0 Å². The molecule has 0 fully saturated rings. The lowest BCUT2D eigenvalue weighted by atomic mass is 10.1. The van der Waals surface area contributed by atoms with Crippen molar-refractivity contribution in [2.45, 2.75) is 33.4 Å². The minimum absolute atomic E-state index is 0.102. The summed E-state index contributed by atoms with van der Waals surface area (Å²) in [5.41, 5.74) is 1.85. The minimum Gasteiger partial charge on any atom is -0.454 e. The maximum atomic E-state index is 12.7. The van der Waals surface area contributed by atoms with E-state index in [1.807, 2.05) is 43.0 Å². The second-order valence-corrected chi connectivity index (χ2v) is 7.42. The van der Waals surface area contributed by atoms with E-state index in [-0.39, 0.29) is 31.1 Å². The van der Waals surface area contributed by atoms with Crippen molar-refractivity contribution in [3.05, 3.63) is 52.5 Å². The maximum Gasteiger partial charge on any atom is 0.238 e. The molecule has 1 aliphatic heterocycles. The Morgan fingerprint density at radius 3 is 2.54 bits per heavy atom. The normalized spacial score (nSPS) is 12.5. The number of nitrogens with zero attached hydrogens (tertiary/aromatic N) is 1. The van der Waals surface area contributed by atoms with Crippen molar-refractivity contribution >= 4 is 29.0 Å². The van der Waals surface area contributed by atoms with Crippen LogP contribution in [0, 0.1) is 0 Å². The average molecular weight is 403 g/mol. The molecule has 0 spiro atoms. The lowest BCUT2D eigenvalue weighted by Gasteiger charge is -2.26. The van der Waals surface area contributed by atoms with Crippen LogP contribution in [0.2, 0.25) is 5.02 Å². The first-order valence-corrected chi connectivity index (χ1v) is 9.44. The first-order chi connectivity index (χ1) is 13.3. The molecule has 0 saturated carbocycles. The molecule has 1 heterocycles. The summed E-state index contributed by atoms with van der Waals surface area (Å²) in [6.07, 6.45) is 0. The number of benzene rings is 2. The summed E-state index contributed by atoms with van der Waals surface area (Å²) in [5.74, 6) is 0.651. The van der Waals surface area contributed by atoms with Crippen LogP contribution in [-0.2, 0) is 11.3 Å². The second kappa shape index (κ2) is 8.63. The zero-order valence-corrected chi connectivity index (χ0v) is 16.9. The number of carbonyl (C=O) groups is 2. The number of ether oxygens (including phenoxy) is 2. The number of anilines is 1. The van der Waals surface area contributed by atoms with Crippen molar-refractivity contribution in [3.8, 4) is 11.5 Å². The third-order valence-electron chi connectivity index (χ3n) is 4.52. The van der Waals surface area contributed by atoms with E-state index in [1.165, 1.54) is 6.92 Å². The number of rotatable bonds is 7. The molecule has 1 N–H and O–H groups in total. The molecule has 0 atom stereocenters. The molecular weight excluding hydrogens is 380 g/mol. The van der Waals surface area contributed by atoms with Crippen LogP contribution in [0.15, 0.2) is 36.4 Å². The highest BCUT2D eigenvalue weighted by atomic mass is 35.5. The van der Waals surface area contributed by atoms with E-state index in [2.05, 4.69) is 5.32 Å². The molecule has 6 nitrogen and oxygen atoms in total. The predicted molar refractivity (Wildman–Crippen MR) is 108 cm³/mol. The Kier molecular flexibility index (Phi) is 6.21. The molecule has 1 aliphatic rings. The van der Waals surface area contributed by atoms with Crippen LogP contribution in [0.5, 0.6) is 11.5 Å². The van der Waals surface area contributed by atoms with Gasteiger partial charge in [-0.2, -0.15) is 0 Å². The van der Waals surface area contributed by atoms with Gasteiger partial charge in [-0.05, 0) is 44.5 Å². The van der Waals surface area contributed by atoms with Crippen LogP contribution in [0.4, 0.5) is 5.69 Å². The number of hydrogen-bond donors (Lipinski definition) is 1. The van der Waals surface area contributed by atoms with E-state index in [1.54, 1.807) is 12.1 Å². The fourth-order valence-corrected chi connectivity index (χ4v) is 3.21. The van der Waals surface area contributed by atoms with Crippen molar-refractivity contribution in [2.24, 2.45) is 0 Å². The summed E-state index contributed by atoms with van der Waals surface area (Å²) in [7, 11) is 0. The predicted octanol–water partition coefficient (Wildman–Crippen LogP) is 4.12. The molecule has 0 saturated heterocycles. The highest BCUT2D eigenvalue weighted by Crippen LogP contribution is 2.37. The lowest BCUT2D eigenvalue weighted by Crippen LogP contribution is -2.37. The molecule has 2 aromatic carbocycles. The van der Waals surface area contributed by atoms with Gasteiger partial charge in [0.25, 0.3) is 0 Å². The Morgan fingerprint density at radius 1 is 1.18 bits per heavy atom. The molecule has 7 heteroatoms. The van der Waals surface area contributed by atoms with Gasteiger partial charge in [0.2, 0.25) is 12.7 Å². The number of fused-ring (bicyclic) bond motifs is 1. The molecule has 0 aromatic heterocycles. The molecule has 3 rings (SSSR count). The van der Waals surface area contributed by atoms with Crippen LogP contribution in [0.3, 0.4) is 0 Å². The van der Waals surface area contributed by atoms with Crippen molar-refractivity contribution in [1.82, 2.24) is 4.90 Å². The van der Waals surface area contributed by atoms with Crippen LogP contribution in [0.25, 0.3) is 0 Å². The Labute approximate surface area is 169 Å². The SMILES string of the molecule is CC(=O)c1cc2c(cc1NC(=O)CN(Cc1cccc(Cl)c1)C(C)C)OCO2. The maximum absolute atomic E-state index is 12.7. The van der Waals surface area contributed by atoms with Gasteiger partial charge in [-0.25, -0.2) is 0 Å². The third-order valence-corrected chi connectivity index (χ3v) is 4.75. The van der Waals surface area contributed by atoms with Gasteiger partial charge in [-0.15, -0.1) is 0 Å². The van der Waals surface area contributed by atoms with Gasteiger partial charge in [0.05, 0.1) is 12.2 Å². The van der Waals surface area contributed by atoms with Crippen LogP contribution in [0.1, 0.15) is 36.7 Å². The van der Waals surface area contributed by atoms with E-state index < -0.39 is 0 Å². The minimum atomic E-state index is -0.211. The monoisotopic (exact) mass is 402 g/mol. The molecule has 0 unspecified atom stereocenters. The summed E-state index contributed by atoms with van der Waals surface area (Å²) >= 11 is 6.06. The molecule has 0 bridgehead atoms. The topological polar surface area (TPSA) is 67.9 Å². The number of Topliss-reactive ketones (excluding diaryl/α,β-unsaturated/α-hetero) is 1. The zero-order chi connectivity index (χ0) is 20.3. The number of halogens is 1. The van der Waals surface area contributed by atoms with Crippen molar-refractivity contribution in [2.75, 3.05) is 18.7 Å². The number of ketones is 1. The number of hydrogen-bond acceptors (Lipinski definition) is 5. The Hall–Kier alpha value is -2.57. The van der Waals surface area contributed by atoms with Crippen LogP contribution < -0.4 is 14.8 Å². The highest BCUT2D eigenvalue weighted by molar-refractivity contribution is 6.30.